The van der Waals surface area contributed by atoms with Crippen molar-refractivity contribution >= 4 is 17.7 Å². The van der Waals surface area contributed by atoms with Crippen LogP contribution in [-0.2, 0) is 4.79 Å². The number of likely N-dealkylation sites (tertiary alicyclic amines) is 1. The normalized spacial score (nSPS) is 15.8. The molecule has 1 saturated heterocycles. The summed E-state index contributed by atoms with van der Waals surface area (Å²) in [6, 6.07) is 6.00. The van der Waals surface area contributed by atoms with E-state index in [0.29, 0.717) is 16.5 Å². The molecule has 2 aromatic rings. The molecule has 1 atom stereocenters. The van der Waals surface area contributed by atoms with Gasteiger partial charge in [0.05, 0.1) is 5.25 Å². The Kier molecular flexibility index (Phi) is 4.51. The summed E-state index contributed by atoms with van der Waals surface area (Å²) in [6.07, 6.45) is 2.11. The van der Waals surface area contributed by atoms with E-state index in [2.05, 4.69) is 10.2 Å². The molecule has 1 aromatic heterocycles. The predicted octanol–water partition coefficient (Wildman–Crippen LogP) is 1.90. The quantitative estimate of drug-likeness (QED) is 0.682. The molecule has 1 aliphatic heterocycles. The molecular weight excluding hydrogens is 317 g/mol. The summed E-state index contributed by atoms with van der Waals surface area (Å²) in [4.78, 5) is 14.2. The number of halogens is 1. The van der Waals surface area contributed by atoms with E-state index >= 15 is 0 Å². The number of hydrogen-bond donors (Lipinski definition) is 1. The number of carbonyl (C=O) groups is 1. The Morgan fingerprint density at radius 3 is 2.78 bits per heavy atom. The highest BCUT2D eigenvalue weighted by Crippen LogP contribution is 2.26. The van der Waals surface area contributed by atoms with Gasteiger partial charge in [-0.1, -0.05) is 23.9 Å². The van der Waals surface area contributed by atoms with Gasteiger partial charge >= 0.3 is 0 Å². The molecule has 1 fully saturated rings. The second kappa shape index (κ2) is 6.57. The fraction of sp³-hybridized carbons (Fsp3) is 0.400. The summed E-state index contributed by atoms with van der Waals surface area (Å²) in [6.45, 7) is 3.46. The first kappa shape index (κ1) is 15.8. The lowest BCUT2D eigenvalue weighted by atomic mass is 10.2. The van der Waals surface area contributed by atoms with Gasteiger partial charge in [0, 0.05) is 18.7 Å². The van der Waals surface area contributed by atoms with Gasteiger partial charge in [0.2, 0.25) is 11.1 Å². The lowest BCUT2D eigenvalue weighted by molar-refractivity contribution is -0.129. The van der Waals surface area contributed by atoms with E-state index in [4.69, 9.17) is 5.84 Å². The van der Waals surface area contributed by atoms with Gasteiger partial charge in [-0.25, -0.2) is 9.07 Å². The number of benzene rings is 1. The van der Waals surface area contributed by atoms with Crippen molar-refractivity contribution in [1.82, 2.24) is 19.8 Å². The van der Waals surface area contributed by atoms with E-state index in [1.807, 2.05) is 11.8 Å². The molecule has 2 heterocycles. The summed E-state index contributed by atoms with van der Waals surface area (Å²) >= 11 is 1.26. The molecule has 122 valence electrons. The Bertz CT molecular complexity index is 714. The predicted molar refractivity (Wildman–Crippen MR) is 86.7 cm³/mol. The van der Waals surface area contributed by atoms with Crippen LogP contribution in [0, 0.1) is 5.82 Å². The SMILES string of the molecule is C[C@@H](Sc1nnc(-c2cccc(F)c2)n1N)C(=O)N1CCCC1. The largest absolute Gasteiger partial charge is 0.342 e. The van der Waals surface area contributed by atoms with Crippen LogP contribution in [0.15, 0.2) is 29.4 Å². The molecule has 6 nitrogen and oxygen atoms in total. The van der Waals surface area contributed by atoms with Crippen LogP contribution in [0.25, 0.3) is 11.4 Å². The maximum atomic E-state index is 13.3. The first-order valence-electron chi connectivity index (χ1n) is 7.48. The van der Waals surface area contributed by atoms with Crippen molar-refractivity contribution in [2.45, 2.75) is 30.2 Å². The number of nitrogens with two attached hydrogens (primary N) is 1. The van der Waals surface area contributed by atoms with E-state index < -0.39 is 0 Å². The molecule has 2 N–H and O–H groups in total. The minimum Gasteiger partial charge on any atom is -0.342 e. The molecule has 0 bridgehead atoms. The van der Waals surface area contributed by atoms with Crippen LogP contribution >= 0.6 is 11.8 Å². The Balaban J connectivity index is 1.75. The Morgan fingerprint density at radius 1 is 1.35 bits per heavy atom. The summed E-state index contributed by atoms with van der Waals surface area (Å²) in [7, 11) is 0. The zero-order chi connectivity index (χ0) is 16.4. The standard InChI is InChI=1S/C15H18FN5OS/c1-10(14(22)20-7-2-3-8-20)23-15-19-18-13(21(15)17)11-5-4-6-12(16)9-11/h4-6,9-10H,2-3,7-8,17H2,1H3/t10-/m1/s1. The number of amides is 1. The van der Waals surface area contributed by atoms with Gasteiger partial charge in [0.15, 0.2) is 5.82 Å². The maximum Gasteiger partial charge on any atom is 0.235 e. The lowest BCUT2D eigenvalue weighted by Gasteiger charge is -2.19. The summed E-state index contributed by atoms with van der Waals surface area (Å²) in [5.74, 6) is 6.10. The molecule has 8 heteroatoms. The van der Waals surface area contributed by atoms with E-state index in [9.17, 15) is 9.18 Å². The second-order valence-electron chi connectivity index (χ2n) is 5.48. The molecule has 1 aliphatic rings. The Hall–Kier alpha value is -2.09. The molecule has 0 spiro atoms. The van der Waals surface area contributed by atoms with Crippen LogP contribution in [0.1, 0.15) is 19.8 Å². The number of thioether (sulfide) groups is 1. The van der Waals surface area contributed by atoms with Crippen molar-refractivity contribution in [3.05, 3.63) is 30.1 Å². The molecule has 0 saturated carbocycles. The van der Waals surface area contributed by atoms with Crippen molar-refractivity contribution < 1.29 is 9.18 Å². The van der Waals surface area contributed by atoms with Crippen molar-refractivity contribution in [2.24, 2.45) is 0 Å². The fourth-order valence-corrected chi connectivity index (χ4v) is 3.44. The van der Waals surface area contributed by atoms with Crippen molar-refractivity contribution in [1.29, 1.82) is 0 Å². The van der Waals surface area contributed by atoms with Gasteiger partial charge in [-0.15, -0.1) is 10.2 Å². The summed E-state index contributed by atoms with van der Waals surface area (Å²) in [5.41, 5.74) is 0.547. The smallest absolute Gasteiger partial charge is 0.235 e. The lowest BCUT2D eigenvalue weighted by Crippen LogP contribution is -2.34. The van der Waals surface area contributed by atoms with Crippen molar-refractivity contribution in [3.8, 4) is 11.4 Å². The number of nitrogens with zero attached hydrogens (tertiary/aromatic N) is 4. The molecule has 0 radical (unpaired) electrons. The fourth-order valence-electron chi connectivity index (χ4n) is 2.58. The van der Waals surface area contributed by atoms with Crippen LogP contribution in [-0.4, -0.2) is 44.0 Å². The first-order valence-corrected chi connectivity index (χ1v) is 8.36. The van der Waals surface area contributed by atoms with E-state index in [1.165, 1.54) is 28.6 Å². The summed E-state index contributed by atoms with van der Waals surface area (Å²) < 4.78 is 14.6. The Labute approximate surface area is 137 Å². The highest BCUT2D eigenvalue weighted by molar-refractivity contribution is 8.00. The van der Waals surface area contributed by atoms with Gasteiger partial charge in [-0.05, 0) is 31.9 Å². The minimum atomic E-state index is -0.364. The topological polar surface area (TPSA) is 77.0 Å². The third-order valence-corrected chi connectivity index (χ3v) is 4.84. The van der Waals surface area contributed by atoms with Crippen LogP contribution in [0.5, 0.6) is 0 Å². The highest BCUT2D eigenvalue weighted by atomic mass is 32.2. The summed E-state index contributed by atoms with van der Waals surface area (Å²) in [5, 5.41) is 8.18. The number of carbonyl (C=O) groups excluding carboxylic acids is 1. The van der Waals surface area contributed by atoms with Gasteiger partial charge in [-0.3, -0.25) is 4.79 Å². The van der Waals surface area contributed by atoms with E-state index in [-0.39, 0.29) is 17.0 Å². The number of nitrogen functional groups attached to an aromatic ring is 1. The van der Waals surface area contributed by atoms with E-state index in [0.717, 1.165) is 25.9 Å². The van der Waals surface area contributed by atoms with Gasteiger partial charge in [0.1, 0.15) is 5.82 Å². The third-order valence-electron chi connectivity index (χ3n) is 3.80. The third kappa shape index (κ3) is 3.31. The van der Waals surface area contributed by atoms with Crippen molar-refractivity contribution in [3.63, 3.8) is 0 Å². The van der Waals surface area contributed by atoms with Crippen molar-refractivity contribution in [2.75, 3.05) is 18.9 Å². The van der Waals surface area contributed by atoms with E-state index in [1.54, 1.807) is 12.1 Å². The van der Waals surface area contributed by atoms with Gasteiger partial charge < -0.3 is 10.7 Å². The van der Waals surface area contributed by atoms with Crippen LogP contribution in [0.2, 0.25) is 0 Å². The van der Waals surface area contributed by atoms with Gasteiger partial charge in [-0.2, -0.15) is 0 Å². The molecule has 23 heavy (non-hydrogen) atoms. The number of aromatic nitrogens is 3. The number of rotatable bonds is 4. The molecule has 3 rings (SSSR count). The Morgan fingerprint density at radius 2 is 2.09 bits per heavy atom. The zero-order valence-corrected chi connectivity index (χ0v) is 13.6. The van der Waals surface area contributed by atoms with Gasteiger partial charge in [0.25, 0.3) is 0 Å². The zero-order valence-electron chi connectivity index (χ0n) is 12.8. The molecular formula is C15H18FN5OS. The average molecular weight is 335 g/mol. The minimum absolute atomic E-state index is 0.0859. The van der Waals surface area contributed by atoms with Crippen LogP contribution < -0.4 is 5.84 Å². The molecule has 1 amide bonds. The number of hydrogen-bond acceptors (Lipinski definition) is 5. The molecule has 0 unspecified atom stereocenters. The van der Waals surface area contributed by atoms with Crippen LogP contribution in [0.3, 0.4) is 0 Å². The average Bonchev–Trinajstić information content (AvgIpc) is 3.17. The molecule has 1 aromatic carbocycles. The first-order chi connectivity index (χ1) is 11.1. The second-order valence-corrected chi connectivity index (χ2v) is 6.79. The maximum absolute atomic E-state index is 13.3. The van der Waals surface area contributed by atoms with Crippen LogP contribution in [0.4, 0.5) is 4.39 Å². The highest BCUT2D eigenvalue weighted by Gasteiger charge is 2.26. The molecule has 0 aliphatic carbocycles. The monoisotopic (exact) mass is 335 g/mol.